The Kier molecular flexibility index (Phi) is 40.2. The maximum Gasteiger partial charge on any atom is 0.159 e. The van der Waals surface area contributed by atoms with Crippen LogP contribution in [0.3, 0.4) is 0 Å². The van der Waals surface area contributed by atoms with E-state index in [4.69, 9.17) is 132 Å². The summed E-state index contributed by atoms with van der Waals surface area (Å²) in [5, 5.41) is 103. The lowest BCUT2D eigenvalue weighted by atomic mass is 9.82. The molecule has 696 valence electrons. The lowest BCUT2D eigenvalue weighted by molar-refractivity contribution is -0.133. The Morgan fingerprint density at radius 2 is 0.307 bits per heavy atom. The Hall–Kier alpha value is -11.2. The van der Waals surface area contributed by atoms with E-state index < -0.39 is 27.1 Å². The molecule has 0 amide bonds. The van der Waals surface area contributed by atoms with Gasteiger partial charge in [0, 0.05) is 122 Å². The van der Waals surface area contributed by atoms with Crippen molar-refractivity contribution in [3.8, 4) is 0 Å². The molecule has 0 atom stereocenters. The van der Waals surface area contributed by atoms with Crippen LogP contribution in [0.1, 0.15) is 94.0 Å². The van der Waals surface area contributed by atoms with E-state index in [9.17, 15) is 19.2 Å². The summed E-state index contributed by atoms with van der Waals surface area (Å²) in [6.45, 7) is -1.18. The van der Waals surface area contributed by atoms with Gasteiger partial charge in [-0.25, -0.2) is 0 Å². The van der Waals surface area contributed by atoms with Gasteiger partial charge in [0.25, 0.3) is 0 Å². The number of rotatable bonds is 72. The average Bonchev–Trinajstić information content (AvgIpc) is 1.69. The zero-order valence-electron chi connectivity index (χ0n) is 76.5. The maximum absolute atomic E-state index is 14.6. The number of ketones is 4. The zero-order chi connectivity index (χ0) is 96.9. The molecule has 0 N–H and O–H groups in total. The van der Waals surface area contributed by atoms with Gasteiger partial charge in [0.2, 0.25) is 0 Å². The summed E-state index contributed by atoms with van der Waals surface area (Å²) in [4.78, 5) is 58.4. The van der Waals surface area contributed by atoms with Gasteiger partial charge in [-0.3, -0.25) is 75.4 Å². The van der Waals surface area contributed by atoms with Crippen LogP contribution in [-0.2, 0) is 211 Å². The van der Waals surface area contributed by atoms with Crippen molar-refractivity contribution in [2.24, 2.45) is 27.1 Å². The SMILES string of the molecule is [B]Cc1cn(CC(CC(=O)COCCOCC(COCCOCC(=O)CC(Cn2cc(C[B])nn2)(Cn2cc(C[B])nn2)Cn2cc(C[B])nn2)(COCCOCC(=O)CC(Cn2cc(C[B])nn2)(Cn2cc(C[B])nn2)Cn2cc(C[B])nn2)COCCOCC(=O)CC(Cn2cc(C[B])nn2)(Cn2cc(C[B])nn2)Cn2cc(C[B])nn2)(Cn2cc(C[B])nn2)Cn2cc(C[B])nn2)nn1. The van der Waals surface area contributed by atoms with Crippen molar-refractivity contribution in [1.29, 1.82) is 0 Å². The highest BCUT2D eigenvalue weighted by atomic mass is 16.6. The second-order valence-electron chi connectivity index (χ2n) is 34.1. The highest BCUT2D eigenvalue weighted by Crippen LogP contribution is 2.36. The van der Waals surface area contributed by atoms with Crippen molar-refractivity contribution in [1.82, 2.24) is 180 Å². The van der Waals surface area contributed by atoms with Gasteiger partial charge in [-0.2, -0.15) is 0 Å². The smallest absolute Gasteiger partial charge is 0.159 e. The first-order valence-corrected chi connectivity index (χ1v) is 44.3. The quantitative estimate of drug-likeness (QED) is 0.0253. The molecule has 0 aliphatic heterocycles. The van der Waals surface area contributed by atoms with Gasteiger partial charge in [0.15, 0.2) is 23.1 Å². The molecule has 0 saturated heterocycles. The van der Waals surface area contributed by atoms with Crippen molar-refractivity contribution >= 4 is 117 Å². The van der Waals surface area contributed by atoms with E-state index in [1.165, 1.54) is 0 Å². The first-order valence-electron chi connectivity index (χ1n) is 44.3. The van der Waals surface area contributed by atoms with E-state index in [2.05, 4.69) is 124 Å². The maximum atomic E-state index is 14.6. The van der Waals surface area contributed by atoms with Crippen LogP contribution in [0.5, 0.6) is 0 Å². The second-order valence-corrected chi connectivity index (χ2v) is 34.1. The summed E-state index contributed by atoms with van der Waals surface area (Å²) >= 11 is 0. The third kappa shape index (κ3) is 32.5. The Morgan fingerprint density at radius 1 is 0.190 bits per heavy atom. The van der Waals surface area contributed by atoms with Crippen molar-refractivity contribution in [2.45, 2.75) is 180 Å². The van der Waals surface area contributed by atoms with Crippen LogP contribution < -0.4 is 0 Å². The van der Waals surface area contributed by atoms with Crippen molar-refractivity contribution in [3.05, 3.63) is 143 Å². The minimum atomic E-state index is -1.23. The molecular formula is C77H100B12N36O12. The Labute approximate surface area is 805 Å². The molecule has 60 heteroatoms. The third-order valence-electron chi connectivity index (χ3n) is 22.0. The number of nitrogens with zero attached hydrogens (tertiary/aromatic N) is 36. The molecule has 0 unspecified atom stereocenters. The van der Waals surface area contributed by atoms with Gasteiger partial charge in [-0.15, -0.1) is 61.2 Å². The summed E-state index contributed by atoms with van der Waals surface area (Å²) in [5.41, 5.74) is 0.890. The Bertz CT molecular complexity index is 4550. The zero-order valence-corrected chi connectivity index (χ0v) is 76.5. The van der Waals surface area contributed by atoms with Crippen LogP contribution in [-0.4, -0.2) is 403 Å². The van der Waals surface area contributed by atoms with Crippen molar-refractivity contribution in [2.75, 3.05) is 106 Å². The minimum Gasteiger partial charge on any atom is -0.378 e. The fraction of sp³-hybridized carbons (Fsp3) is 0.636. The second kappa shape index (κ2) is 52.6. The summed E-state index contributed by atoms with van der Waals surface area (Å²) in [5.74, 6) is -1.22. The fourth-order valence-electron chi connectivity index (χ4n) is 16.0. The van der Waals surface area contributed by atoms with Gasteiger partial charge in [0.1, 0.15) is 26.4 Å². The monoisotopic (exact) mass is 1850 g/mol. The van der Waals surface area contributed by atoms with Crippen LogP contribution in [0.25, 0.3) is 0 Å². The highest BCUT2D eigenvalue weighted by Gasteiger charge is 2.42. The Morgan fingerprint density at radius 3 is 0.416 bits per heavy atom. The number of hydrogen-bond donors (Lipinski definition) is 0. The van der Waals surface area contributed by atoms with Gasteiger partial charge >= 0.3 is 0 Å². The van der Waals surface area contributed by atoms with E-state index in [-0.39, 0.29) is 309 Å². The van der Waals surface area contributed by atoms with Crippen LogP contribution >= 0.6 is 0 Å². The molecule has 0 spiro atoms. The normalized spacial score (nSPS) is 12.3. The van der Waals surface area contributed by atoms with E-state index in [0.717, 1.165) is 0 Å². The summed E-state index contributed by atoms with van der Waals surface area (Å²) in [6.07, 6.45) is 21.4. The van der Waals surface area contributed by atoms with Gasteiger partial charge < -0.3 is 37.9 Å². The summed E-state index contributed by atoms with van der Waals surface area (Å²) in [7, 11) is 71.8. The molecule has 12 aromatic rings. The lowest BCUT2D eigenvalue weighted by Crippen LogP contribution is -2.43. The van der Waals surface area contributed by atoms with Crippen LogP contribution in [0.15, 0.2) is 74.4 Å². The number of carbonyl (C=O) groups is 4. The van der Waals surface area contributed by atoms with Crippen molar-refractivity contribution in [3.63, 3.8) is 0 Å². The molecule has 0 bridgehead atoms. The minimum absolute atomic E-state index is 0.0847. The van der Waals surface area contributed by atoms with E-state index in [0.29, 0.717) is 68.3 Å². The predicted octanol–water partition coefficient (Wildman–Crippen LogP) is -6.59. The molecule has 12 rings (SSSR count). The molecule has 0 aliphatic rings. The van der Waals surface area contributed by atoms with Gasteiger partial charge in [-0.1, -0.05) is 62.6 Å². The molecule has 12 heterocycles. The number of aromatic nitrogens is 36. The molecule has 48 nitrogen and oxygen atoms in total. The molecule has 0 saturated carbocycles. The van der Waals surface area contributed by atoms with Crippen LogP contribution in [0, 0.1) is 27.1 Å². The van der Waals surface area contributed by atoms with Gasteiger partial charge in [-0.05, 0) is 75.8 Å². The Balaban J connectivity index is 0.780. The van der Waals surface area contributed by atoms with Crippen molar-refractivity contribution < 1.29 is 57.1 Å². The molecule has 24 radical (unpaired) electrons. The molecule has 0 fully saturated rings. The fourth-order valence-corrected chi connectivity index (χ4v) is 16.0. The number of hydrogen-bond acceptors (Lipinski definition) is 36. The average molecular weight is 1850 g/mol. The van der Waals surface area contributed by atoms with E-state index in [1.807, 2.05) is 0 Å². The van der Waals surface area contributed by atoms with Crippen LogP contribution in [0.2, 0.25) is 0 Å². The summed E-state index contributed by atoms with van der Waals surface area (Å²) < 4.78 is 70.1. The van der Waals surface area contributed by atoms with Crippen LogP contribution in [0.4, 0.5) is 0 Å². The highest BCUT2D eigenvalue weighted by molar-refractivity contribution is 6.10. The predicted molar refractivity (Wildman–Crippen MR) is 491 cm³/mol. The largest absolute Gasteiger partial charge is 0.378 e. The first-order chi connectivity index (χ1) is 66.5. The molecule has 0 aromatic carbocycles. The molecule has 137 heavy (non-hydrogen) atoms. The lowest BCUT2D eigenvalue weighted by Gasteiger charge is -2.33. The topological polar surface area (TPSA) is 511 Å². The standard InChI is InChI=1S/C77H100B12N36O12/c78-13-57-25-114(102-90-57)41-73(42-115-26-58(14-79)91-103-115,43-116-27-59(15-80)92-104-116)9-69(126)37-130-1-5-134-53-77(54-135-6-2-131-38-70(127)10-74(44-117-28-60(16-81)93-105-117,45-118-29-61(17-82)94-106-118)46-119-30-62(18-83)95-107-119,55-136-7-3-132-39-71(128)11-75(47-120-31-63(19-84)96-108-120,48-121-32-64(20-85)97-109-121)49-122-33-65(21-86)98-110-122)56-137-8-4-133-40-72(129)12-76(50-123-34-66(22-87)99-111-123,51-124-35-67(23-88)100-112-124)52-125-36-68(24-89)101-113-125/h25-36H,1-24,37-56H2. The first kappa shape index (κ1) is 105. The third-order valence-corrected chi connectivity index (χ3v) is 22.0. The molecule has 12 aromatic heterocycles. The number of Topliss-reactive ketones (excluding diaryl/α,β-unsaturated/α-hetero) is 4. The van der Waals surface area contributed by atoms with E-state index >= 15 is 0 Å². The van der Waals surface area contributed by atoms with Gasteiger partial charge in [0.05, 0.1) is 326 Å². The summed E-state index contributed by atoms with van der Waals surface area (Å²) in [6, 6.07) is 0. The molecular weight excluding hydrogens is 1750 g/mol. The molecule has 0 aliphatic carbocycles. The number of ether oxygens (including phenoxy) is 8. The number of carbonyl (C=O) groups excluding carboxylic acids is 4. The van der Waals surface area contributed by atoms with E-state index in [1.54, 1.807) is 131 Å².